The van der Waals surface area contributed by atoms with Gasteiger partial charge in [-0.2, -0.15) is 5.10 Å². The predicted octanol–water partition coefficient (Wildman–Crippen LogP) is 3.65. The highest BCUT2D eigenvalue weighted by Crippen LogP contribution is 2.22. The molecular formula is C20H23N3O3. The second-order valence-corrected chi connectivity index (χ2v) is 5.71. The van der Waals surface area contributed by atoms with Crippen LogP contribution in [0.25, 0.3) is 11.3 Å². The van der Waals surface area contributed by atoms with Crippen molar-refractivity contribution in [3.05, 3.63) is 60.3 Å². The van der Waals surface area contributed by atoms with Gasteiger partial charge in [0.2, 0.25) is 0 Å². The third-order valence-corrected chi connectivity index (χ3v) is 3.76. The molecule has 136 valence electrons. The number of anilines is 1. The molecule has 0 fully saturated rings. The van der Waals surface area contributed by atoms with Crippen LogP contribution in [-0.4, -0.2) is 30.0 Å². The number of nitrogens with one attached hydrogen (secondary N) is 1. The molecule has 3 N–H and O–H groups in total. The number of hydrogen-bond donors (Lipinski definition) is 2. The molecule has 0 atom stereocenters. The van der Waals surface area contributed by atoms with Gasteiger partial charge in [0.1, 0.15) is 24.7 Å². The lowest BCUT2D eigenvalue weighted by atomic mass is 10.1. The molecule has 0 amide bonds. The molecule has 2 aromatic carbocycles. The maximum absolute atomic E-state index is 5.72. The van der Waals surface area contributed by atoms with Gasteiger partial charge < -0.3 is 19.9 Å². The Balaban J connectivity index is 1.54. The lowest BCUT2D eigenvalue weighted by molar-refractivity contribution is 0.110. The number of hydrogen-bond acceptors (Lipinski definition) is 5. The molecule has 3 rings (SSSR count). The normalized spacial score (nSPS) is 10.7. The SMILES string of the molecule is CCOCCOc1ccc(-c2cc(COc3ccc(N)cc3)[nH]n2)cc1. The third kappa shape index (κ3) is 5.00. The Morgan fingerprint density at radius 2 is 1.62 bits per heavy atom. The first-order valence-corrected chi connectivity index (χ1v) is 8.58. The Bertz CT molecular complexity index is 798. The predicted molar refractivity (Wildman–Crippen MR) is 101 cm³/mol. The Morgan fingerprint density at radius 1 is 0.923 bits per heavy atom. The minimum absolute atomic E-state index is 0.412. The van der Waals surface area contributed by atoms with Crippen LogP contribution < -0.4 is 15.2 Å². The highest BCUT2D eigenvalue weighted by atomic mass is 16.5. The largest absolute Gasteiger partial charge is 0.491 e. The Morgan fingerprint density at radius 3 is 2.35 bits per heavy atom. The number of ether oxygens (including phenoxy) is 3. The minimum atomic E-state index is 0.412. The third-order valence-electron chi connectivity index (χ3n) is 3.76. The summed E-state index contributed by atoms with van der Waals surface area (Å²) in [6, 6.07) is 17.1. The van der Waals surface area contributed by atoms with Gasteiger partial charge in [0.25, 0.3) is 0 Å². The van der Waals surface area contributed by atoms with Gasteiger partial charge in [-0.3, -0.25) is 5.10 Å². The second-order valence-electron chi connectivity index (χ2n) is 5.71. The summed E-state index contributed by atoms with van der Waals surface area (Å²) in [5.41, 5.74) is 9.15. The molecule has 0 saturated heterocycles. The molecule has 0 radical (unpaired) electrons. The summed E-state index contributed by atoms with van der Waals surface area (Å²) in [4.78, 5) is 0. The Hall–Kier alpha value is -2.99. The van der Waals surface area contributed by atoms with Crippen LogP contribution >= 0.6 is 0 Å². The summed E-state index contributed by atoms with van der Waals surface area (Å²) < 4.78 is 16.6. The molecule has 3 aromatic rings. The Kier molecular flexibility index (Phi) is 6.11. The van der Waals surface area contributed by atoms with Gasteiger partial charge in [-0.1, -0.05) is 0 Å². The first-order valence-electron chi connectivity index (χ1n) is 8.58. The van der Waals surface area contributed by atoms with Crippen LogP contribution in [0.2, 0.25) is 0 Å². The maximum Gasteiger partial charge on any atom is 0.130 e. The first-order chi connectivity index (χ1) is 12.7. The molecule has 26 heavy (non-hydrogen) atoms. The second kappa shape index (κ2) is 8.92. The van der Waals surface area contributed by atoms with Crippen LogP contribution in [0.1, 0.15) is 12.6 Å². The van der Waals surface area contributed by atoms with Gasteiger partial charge in [0.05, 0.1) is 18.0 Å². The van der Waals surface area contributed by atoms with E-state index in [1.807, 2.05) is 61.5 Å². The molecule has 6 nitrogen and oxygen atoms in total. The highest BCUT2D eigenvalue weighted by Gasteiger charge is 2.05. The molecule has 0 aliphatic heterocycles. The van der Waals surface area contributed by atoms with Crippen molar-refractivity contribution in [1.29, 1.82) is 0 Å². The van der Waals surface area contributed by atoms with E-state index >= 15 is 0 Å². The van der Waals surface area contributed by atoms with E-state index in [0.29, 0.717) is 32.1 Å². The van der Waals surface area contributed by atoms with E-state index in [1.165, 1.54) is 0 Å². The van der Waals surface area contributed by atoms with E-state index in [1.54, 1.807) is 0 Å². The number of benzene rings is 2. The monoisotopic (exact) mass is 353 g/mol. The zero-order valence-electron chi connectivity index (χ0n) is 14.8. The van der Waals surface area contributed by atoms with Crippen molar-refractivity contribution in [3.8, 4) is 22.8 Å². The van der Waals surface area contributed by atoms with Crippen molar-refractivity contribution >= 4 is 5.69 Å². The van der Waals surface area contributed by atoms with Gasteiger partial charge in [0, 0.05) is 17.9 Å². The average Bonchev–Trinajstić information content (AvgIpc) is 3.14. The summed E-state index contributed by atoms with van der Waals surface area (Å²) >= 11 is 0. The number of nitrogens with zero attached hydrogens (tertiary/aromatic N) is 1. The number of nitrogens with two attached hydrogens (primary N) is 1. The van der Waals surface area contributed by atoms with E-state index in [9.17, 15) is 0 Å². The lowest BCUT2D eigenvalue weighted by Crippen LogP contribution is -2.06. The van der Waals surface area contributed by atoms with Crippen LogP contribution in [0.3, 0.4) is 0 Å². The van der Waals surface area contributed by atoms with Gasteiger partial charge >= 0.3 is 0 Å². The van der Waals surface area contributed by atoms with Crippen molar-refractivity contribution in [2.45, 2.75) is 13.5 Å². The van der Waals surface area contributed by atoms with E-state index in [-0.39, 0.29) is 0 Å². The molecule has 0 spiro atoms. The van der Waals surface area contributed by atoms with Crippen LogP contribution in [0.15, 0.2) is 54.6 Å². The van der Waals surface area contributed by atoms with Crippen LogP contribution in [0, 0.1) is 0 Å². The summed E-state index contributed by atoms with van der Waals surface area (Å²) in [6.07, 6.45) is 0. The average molecular weight is 353 g/mol. The fourth-order valence-electron chi connectivity index (χ4n) is 2.39. The van der Waals surface area contributed by atoms with Crippen LogP contribution in [0.4, 0.5) is 5.69 Å². The smallest absolute Gasteiger partial charge is 0.130 e. The molecule has 0 bridgehead atoms. The molecule has 1 heterocycles. The molecule has 0 unspecified atom stereocenters. The number of nitrogen functional groups attached to an aromatic ring is 1. The van der Waals surface area contributed by atoms with Crippen molar-refractivity contribution in [1.82, 2.24) is 10.2 Å². The topological polar surface area (TPSA) is 82.4 Å². The highest BCUT2D eigenvalue weighted by molar-refractivity contribution is 5.60. The van der Waals surface area contributed by atoms with E-state index in [2.05, 4.69) is 10.2 Å². The van der Waals surface area contributed by atoms with Crippen molar-refractivity contribution < 1.29 is 14.2 Å². The van der Waals surface area contributed by atoms with E-state index in [0.717, 1.165) is 28.5 Å². The van der Waals surface area contributed by atoms with E-state index in [4.69, 9.17) is 19.9 Å². The number of rotatable bonds is 9. The summed E-state index contributed by atoms with van der Waals surface area (Å²) in [6.45, 7) is 4.21. The van der Waals surface area contributed by atoms with Crippen molar-refractivity contribution in [2.24, 2.45) is 0 Å². The summed E-state index contributed by atoms with van der Waals surface area (Å²) in [5, 5.41) is 7.34. The molecule has 0 saturated carbocycles. The summed E-state index contributed by atoms with van der Waals surface area (Å²) in [5.74, 6) is 1.58. The minimum Gasteiger partial charge on any atom is -0.491 e. The first kappa shape index (κ1) is 17.8. The summed E-state index contributed by atoms with van der Waals surface area (Å²) in [7, 11) is 0. The van der Waals surface area contributed by atoms with Crippen molar-refractivity contribution in [2.75, 3.05) is 25.6 Å². The number of H-pyrrole nitrogens is 1. The van der Waals surface area contributed by atoms with Crippen LogP contribution in [0.5, 0.6) is 11.5 Å². The molecular weight excluding hydrogens is 330 g/mol. The maximum atomic E-state index is 5.72. The van der Waals surface area contributed by atoms with Gasteiger partial charge in [-0.05, 0) is 61.5 Å². The fraction of sp³-hybridized carbons (Fsp3) is 0.250. The quantitative estimate of drug-likeness (QED) is 0.453. The molecule has 6 heteroatoms. The van der Waals surface area contributed by atoms with Gasteiger partial charge in [0.15, 0.2) is 0 Å². The number of aromatic nitrogens is 2. The van der Waals surface area contributed by atoms with Gasteiger partial charge in [-0.15, -0.1) is 0 Å². The lowest BCUT2D eigenvalue weighted by Gasteiger charge is -2.06. The number of aromatic amines is 1. The van der Waals surface area contributed by atoms with Crippen molar-refractivity contribution in [3.63, 3.8) is 0 Å². The molecule has 0 aliphatic carbocycles. The fourth-order valence-corrected chi connectivity index (χ4v) is 2.39. The molecule has 0 aliphatic rings. The van der Waals surface area contributed by atoms with Gasteiger partial charge in [-0.25, -0.2) is 0 Å². The molecule has 1 aromatic heterocycles. The van der Waals surface area contributed by atoms with E-state index < -0.39 is 0 Å². The zero-order valence-corrected chi connectivity index (χ0v) is 14.8. The standard InChI is InChI=1S/C20H23N3O3/c1-2-24-11-12-25-18-7-3-15(4-8-18)20-13-17(22-23-20)14-26-19-9-5-16(21)6-10-19/h3-10,13H,2,11-12,14,21H2,1H3,(H,22,23). The zero-order chi connectivity index (χ0) is 18.2. The van der Waals surface area contributed by atoms with Crippen LogP contribution in [-0.2, 0) is 11.3 Å². The Labute approximate surface area is 152 Å².